The van der Waals surface area contributed by atoms with Crippen LogP contribution in [0.4, 0.5) is 0 Å². The summed E-state index contributed by atoms with van der Waals surface area (Å²) in [5, 5.41) is 12.3. The topological polar surface area (TPSA) is 158 Å². The Morgan fingerprint density at radius 2 is 1.39 bits per heavy atom. The number of allylic oxidation sites excluding steroid dienone is 1. The second-order valence-corrected chi connectivity index (χ2v) is 14.2. The lowest BCUT2D eigenvalue weighted by molar-refractivity contribution is -0.149. The van der Waals surface area contributed by atoms with Crippen LogP contribution in [-0.4, -0.2) is 62.6 Å². The molecule has 3 amide bonds. The molecule has 0 fully saturated rings. The lowest BCUT2D eigenvalue weighted by Crippen LogP contribution is -2.56. The van der Waals surface area contributed by atoms with Crippen LogP contribution in [0.25, 0.3) is 32.7 Å². The number of methoxy groups -OCH3 is 2. The number of benzene rings is 5. The standard InChI is InChI=1S/C46H50N4O7/c1-29(51)48-39-27-34-26-32-18-8-11-21-36(32)41(43(34)56-3)40-35-20-10-7-17-31(35)25-33(42(40)55-2)19-9-12-23-38(46(54)57-28-30-15-5-4-6-16-30)50-44(52)37(49-45(39)53)22-13-14-24-47/h4-12,15-18,20-21,25-26,37-39H,13-14,19,22-24,27-28,47H2,1-3H3,(H,48,51)(H,49,53)(H,50,52)/b12-9-/t37-,38+,39?/m1/s1. The predicted octanol–water partition coefficient (Wildman–Crippen LogP) is 6.07. The van der Waals surface area contributed by atoms with Crippen molar-refractivity contribution in [2.24, 2.45) is 5.73 Å². The van der Waals surface area contributed by atoms with E-state index in [9.17, 15) is 19.2 Å². The summed E-state index contributed by atoms with van der Waals surface area (Å²) in [4.78, 5) is 54.7. The van der Waals surface area contributed by atoms with Gasteiger partial charge in [0.2, 0.25) is 17.7 Å². The van der Waals surface area contributed by atoms with Crippen molar-refractivity contribution in [2.75, 3.05) is 20.8 Å². The van der Waals surface area contributed by atoms with Crippen LogP contribution in [0.3, 0.4) is 0 Å². The summed E-state index contributed by atoms with van der Waals surface area (Å²) in [5.41, 5.74) is 9.77. The molecule has 57 heavy (non-hydrogen) atoms. The van der Waals surface area contributed by atoms with E-state index in [0.29, 0.717) is 42.9 Å². The molecule has 0 aromatic heterocycles. The molecular weight excluding hydrogens is 721 g/mol. The van der Waals surface area contributed by atoms with Gasteiger partial charge in [0, 0.05) is 24.5 Å². The Morgan fingerprint density at radius 1 is 0.772 bits per heavy atom. The maximum absolute atomic E-state index is 14.3. The zero-order valence-electron chi connectivity index (χ0n) is 32.6. The van der Waals surface area contributed by atoms with Crippen LogP contribution in [0.2, 0.25) is 0 Å². The van der Waals surface area contributed by atoms with Gasteiger partial charge in [0.25, 0.3) is 0 Å². The van der Waals surface area contributed by atoms with E-state index >= 15 is 0 Å². The SMILES string of the molecule is COc1c2cc3ccccc3c1-c1c(OC)c(cc3ccccc13)CC(NC(C)=O)C(=O)N[C@H](CCCCN)C(=O)N[C@H](C(=O)OCc1ccccc1)C/C=C\C2. The molecule has 0 saturated carbocycles. The van der Waals surface area contributed by atoms with Crippen LogP contribution in [0.1, 0.15) is 49.3 Å². The number of nitrogens with one attached hydrogen (secondary N) is 3. The summed E-state index contributed by atoms with van der Waals surface area (Å²) in [6.07, 6.45) is 5.83. The number of ether oxygens (including phenoxy) is 3. The van der Waals surface area contributed by atoms with Crippen LogP contribution in [0.15, 0.2) is 103 Å². The third-order valence-electron chi connectivity index (χ3n) is 10.2. The van der Waals surface area contributed by atoms with E-state index in [2.05, 4.69) is 22.0 Å². The number of fused-ring (bicyclic) bond motifs is 9. The summed E-state index contributed by atoms with van der Waals surface area (Å²) in [6, 6.07) is 26.2. The number of esters is 1. The minimum atomic E-state index is -1.09. The highest BCUT2D eigenvalue weighted by molar-refractivity contribution is 6.11. The lowest BCUT2D eigenvalue weighted by Gasteiger charge is -2.26. The van der Waals surface area contributed by atoms with Crippen molar-refractivity contribution in [1.29, 1.82) is 0 Å². The highest BCUT2D eigenvalue weighted by Gasteiger charge is 2.32. The Bertz CT molecular complexity index is 2270. The summed E-state index contributed by atoms with van der Waals surface area (Å²) >= 11 is 0. The number of carbonyl (C=O) groups excluding carboxylic acids is 4. The second-order valence-electron chi connectivity index (χ2n) is 14.2. The molecule has 3 atom stereocenters. The molecule has 0 saturated heterocycles. The van der Waals surface area contributed by atoms with Gasteiger partial charge in [-0.05, 0) is 89.0 Å². The van der Waals surface area contributed by atoms with Gasteiger partial charge in [0.15, 0.2) is 0 Å². The third kappa shape index (κ3) is 9.61. The minimum absolute atomic E-state index is 0.0280. The van der Waals surface area contributed by atoms with Crippen LogP contribution in [-0.2, 0) is 43.4 Å². The van der Waals surface area contributed by atoms with Crippen molar-refractivity contribution < 1.29 is 33.4 Å². The molecular formula is C46H50N4O7. The summed E-state index contributed by atoms with van der Waals surface area (Å²) in [6.45, 7) is 1.78. The number of carbonyl (C=O) groups is 4. The molecule has 1 aliphatic heterocycles. The third-order valence-corrected chi connectivity index (χ3v) is 10.2. The molecule has 1 aliphatic rings. The fourth-order valence-corrected chi connectivity index (χ4v) is 7.51. The molecule has 11 heteroatoms. The molecule has 5 aromatic carbocycles. The first-order valence-corrected chi connectivity index (χ1v) is 19.3. The quantitative estimate of drug-likeness (QED) is 0.0758. The first kappa shape index (κ1) is 40.5. The van der Waals surface area contributed by atoms with Gasteiger partial charge in [-0.25, -0.2) is 4.79 Å². The van der Waals surface area contributed by atoms with E-state index in [-0.39, 0.29) is 25.9 Å². The maximum Gasteiger partial charge on any atom is 0.329 e. The lowest BCUT2D eigenvalue weighted by atomic mass is 9.87. The Hall–Kier alpha value is -6.20. The van der Waals surface area contributed by atoms with Crippen LogP contribution >= 0.6 is 0 Å². The maximum atomic E-state index is 14.3. The van der Waals surface area contributed by atoms with Gasteiger partial charge in [-0.2, -0.15) is 0 Å². The molecule has 1 unspecified atom stereocenters. The molecule has 11 nitrogen and oxygen atoms in total. The minimum Gasteiger partial charge on any atom is -0.496 e. The molecule has 0 spiro atoms. The number of hydrogen-bond donors (Lipinski definition) is 4. The summed E-state index contributed by atoms with van der Waals surface area (Å²) < 4.78 is 18.2. The number of nitrogens with two attached hydrogens (primary N) is 1. The Labute approximate surface area is 332 Å². The van der Waals surface area contributed by atoms with Crippen molar-refractivity contribution in [2.45, 2.75) is 70.2 Å². The first-order chi connectivity index (χ1) is 27.7. The van der Waals surface area contributed by atoms with Crippen molar-refractivity contribution >= 4 is 45.2 Å². The van der Waals surface area contributed by atoms with E-state index in [4.69, 9.17) is 19.9 Å². The molecule has 296 valence electrons. The normalized spacial score (nSPS) is 18.1. The number of hydrogen-bond acceptors (Lipinski definition) is 8. The highest BCUT2D eigenvalue weighted by Crippen LogP contribution is 2.48. The van der Waals surface area contributed by atoms with Crippen molar-refractivity contribution in [3.8, 4) is 22.6 Å². The van der Waals surface area contributed by atoms with Crippen molar-refractivity contribution in [1.82, 2.24) is 16.0 Å². The largest absolute Gasteiger partial charge is 0.496 e. The smallest absolute Gasteiger partial charge is 0.329 e. The van der Waals surface area contributed by atoms with Crippen LogP contribution in [0.5, 0.6) is 11.5 Å². The summed E-state index contributed by atoms with van der Waals surface area (Å²) in [5.74, 6) is -0.979. The number of rotatable bonds is 10. The Balaban J connectivity index is 1.52. The summed E-state index contributed by atoms with van der Waals surface area (Å²) in [7, 11) is 3.23. The van der Waals surface area contributed by atoms with E-state index in [1.807, 2.05) is 97.1 Å². The fourth-order valence-electron chi connectivity index (χ4n) is 7.51. The molecule has 5 N–H and O–H groups in total. The van der Waals surface area contributed by atoms with E-state index in [0.717, 1.165) is 43.8 Å². The molecule has 1 heterocycles. The van der Waals surface area contributed by atoms with Crippen molar-refractivity contribution in [3.05, 3.63) is 120 Å². The Morgan fingerprint density at radius 3 is 2.02 bits per heavy atom. The first-order valence-electron chi connectivity index (χ1n) is 19.3. The van der Waals surface area contributed by atoms with Gasteiger partial charge in [0.05, 0.1) is 14.2 Å². The van der Waals surface area contributed by atoms with Crippen LogP contribution in [0, 0.1) is 0 Å². The van der Waals surface area contributed by atoms with Crippen molar-refractivity contribution in [3.63, 3.8) is 0 Å². The number of amides is 3. The average molecular weight is 771 g/mol. The van der Waals surface area contributed by atoms with Gasteiger partial charge in [-0.15, -0.1) is 0 Å². The molecule has 4 bridgehead atoms. The van der Waals surface area contributed by atoms with Gasteiger partial charge < -0.3 is 35.9 Å². The van der Waals surface area contributed by atoms with Gasteiger partial charge >= 0.3 is 5.97 Å². The molecule has 5 aromatic rings. The predicted molar refractivity (Wildman–Crippen MR) is 222 cm³/mol. The fraction of sp³-hybridized carbons (Fsp3) is 0.304. The molecule has 6 rings (SSSR count). The zero-order chi connectivity index (χ0) is 40.3. The van der Waals surface area contributed by atoms with E-state index in [1.54, 1.807) is 14.2 Å². The van der Waals surface area contributed by atoms with Gasteiger partial charge in [0.1, 0.15) is 36.2 Å². The van der Waals surface area contributed by atoms with Gasteiger partial charge in [-0.3, -0.25) is 14.4 Å². The Kier molecular flexibility index (Phi) is 13.6. The van der Waals surface area contributed by atoms with Gasteiger partial charge in [-0.1, -0.05) is 91.0 Å². The molecule has 0 aliphatic carbocycles. The highest BCUT2D eigenvalue weighted by atomic mass is 16.5. The average Bonchev–Trinajstić information content (AvgIpc) is 3.22. The zero-order valence-corrected chi connectivity index (χ0v) is 32.6. The van der Waals surface area contributed by atoms with Crippen LogP contribution < -0.4 is 31.2 Å². The van der Waals surface area contributed by atoms with E-state index < -0.39 is 41.8 Å². The van der Waals surface area contributed by atoms with E-state index in [1.165, 1.54) is 6.92 Å². The number of unbranched alkanes of at least 4 members (excludes halogenated alkanes) is 1. The second kappa shape index (κ2) is 19.1. The molecule has 0 radical (unpaired) electrons. The monoisotopic (exact) mass is 770 g/mol.